The first kappa shape index (κ1) is 35.2. The Kier molecular flexibility index (Phi) is 11.0. The van der Waals surface area contributed by atoms with Crippen LogP contribution in [0.2, 0.25) is 0 Å². The Morgan fingerprint density at radius 3 is 2.29 bits per heavy atom. The number of hydrogen-bond donors (Lipinski definition) is 2. The van der Waals surface area contributed by atoms with Crippen LogP contribution in [0.4, 0.5) is 17.6 Å². The highest BCUT2D eigenvalue weighted by atomic mass is 32.2. The Morgan fingerprint density at radius 1 is 0.917 bits per heavy atom. The molecule has 0 bridgehead atoms. The second kappa shape index (κ2) is 15.0. The zero-order chi connectivity index (χ0) is 34.6. The Balaban J connectivity index is 1.40. The van der Waals surface area contributed by atoms with Gasteiger partial charge in [0.15, 0.2) is 5.78 Å². The average Bonchev–Trinajstić information content (AvgIpc) is 3.05. The summed E-state index contributed by atoms with van der Waals surface area (Å²) in [5.74, 6) is -4.17. The van der Waals surface area contributed by atoms with Crippen molar-refractivity contribution in [3.63, 3.8) is 0 Å². The number of sulfonamides is 1. The van der Waals surface area contributed by atoms with Gasteiger partial charge in [-0.15, -0.1) is 0 Å². The minimum Gasteiger partial charge on any atom is -0.495 e. The summed E-state index contributed by atoms with van der Waals surface area (Å²) < 4.78 is 92.3. The van der Waals surface area contributed by atoms with Gasteiger partial charge in [0, 0.05) is 43.6 Å². The van der Waals surface area contributed by atoms with E-state index in [9.17, 15) is 26.4 Å². The number of hydrogen-bond acceptors (Lipinski definition) is 6. The van der Waals surface area contributed by atoms with Gasteiger partial charge in [0.25, 0.3) is 0 Å². The van der Waals surface area contributed by atoms with Crippen molar-refractivity contribution in [3.05, 3.63) is 130 Å². The Hall–Kier alpha value is -4.10. The first-order valence-corrected chi connectivity index (χ1v) is 17.0. The molecule has 1 fully saturated rings. The molecule has 5 rings (SSSR count). The molecule has 1 aliphatic heterocycles. The Morgan fingerprint density at radius 2 is 1.60 bits per heavy atom. The molecule has 7 nitrogen and oxygen atoms in total. The molecule has 0 amide bonds. The molecule has 254 valence electrons. The molecule has 1 aliphatic rings. The lowest BCUT2D eigenvalue weighted by molar-refractivity contribution is -0.119. The number of para-hydroxylation sites is 1. The van der Waals surface area contributed by atoms with Gasteiger partial charge in [0.2, 0.25) is 10.0 Å². The lowest BCUT2D eigenvalue weighted by Crippen LogP contribution is -2.58. The molecule has 12 heteroatoms. The predicted molar refractivity (Wildman–Crippen MR) is 174 cm³/mol. The third-order valence-electron chi connectivity index (χ3n) is 8.75. The number of piperazine rings is 1. The van der Waals surface area contributed by atoms with Gasteiger partial charge in [-0.25, -0.2) is 26.0 Å². The number of halogens is 4. The molecule has 0 aliphatic carbocycles. The summed E-state index contributed by atoms with van der Waals surface area (Å²) in [4.78, 5) is 13.8. The maximum Gasteiger partial charge on any atom is 0.247 e. The van der Waals surface area contributed by atoms with Crippen LogP contribution >= 0.6 is 0 Å². The maximum absolute atomic E-state index is 15.4. The van der Waals surface area contributed by atoms with E-state index in [1.165, 1.54) is 41.7 Å². The minimum absolute atomic E-state index is 0.0336. The molecule has 1 saturated heterocycles. The van der Waals surface area contributed by atoms with Crippen LogP contribution in [0.15, 0.2) is 89.8 Å². The van der Waals surface area contributed by atoms with Crippen molar-refractivity contribution in [2.45, 2.75) is 55.1 Å². The third kappa shape index (κ3) is 7.62. The van der Waals surface area contributed by atoms with E-state index in [1.54, 1.807) is 31.2 Å². The Labute approximate surface area is 277 Å². The molecule has 4 aromatic carbocycles. The summed E-state index contributed by atoms with van der Waals surface area (Å²) in [7, 11) is -2.60. The summed E-state index contributed by atoms with van der Waals surface area (Å²) >= 11 is 0. The summed E-state index contributed by atoms with van der Waals surface area (Å²) in [6.45, 7) is 2.55. The van der Waals surface area contributed by atoms with E-state index >= 15 is 4.39 Å². The zero-order valence-corrected chi connectivity index (χ0v) is 27.3. The van der Waals surface area contributed by atoms with E-state index in [4.69, 9.17) is 10.5 Å². The van der Waals surface area contributed by atoms with Crippen molar-refractivity contribution in [2.75, 3.05) is 20.2 Å². The standard InChI is InChI=1S/C36H37F4N3O4S/c1-22-20-42-21-29(43(22)48(45,46)34-9-4-3-8-33(34)47-2)14-15-30-24(6-5-7-31(30)40)18-32(44)36(41)35(23-10-12-26(37)13-11-23)25-16-27(38)19-28(39)17-25/h3-13,16-17,19,22,29,35-36,42H,14-15,18,20-21,41H2,1-2H3/t22-,29-,35-,36+/m0/s1. The number of rotatable bonds is 12. The van der Waals surface area contributed by atoms with E-state index < -0.39 is 63.1 Å². The molecule has 4 atom stereocenters. The van der Waals surface area contributed by atoms with Gasteiger partial charge >= 0.3 is 0 Å². The van der Waals surface area contributed by atoms with Gasteiger partial charge in [-0.1, -0.05) is 36.4 Å². The lowest BCUT2D eigenvalue weighted by Gasteiger charge is -2.40. The largest absolute Gasteiger partial charge is 0.495 e. The van der Waals surface area contributed by atoms with Crippen LogP contribution in [0.5, 0.6) is 5.75 Å². The number of carbonyl (C=O) groups is 1. The lowest BCUT2D eigenvalue weighted by atomic mass is 9.82. The molecule has 3 N–H and O–H groups in total. The highest BCUT2D eigenvalue weighted by Gasteiger charge is 2.39. The zero-order valence-electron chi connectivity index (χ0n) is 26.5. The quantitative estimate of drug-likeness (QED) is 0.191. The normalized spacial score (nSPS) is 18.3. The summed E-state index contributed by atoms with van der Waals surface area (Å²) in [5.41, 5.74) is 7.53. The summed E-state index contributed by atoms with van der Waals surface area (Å²) in [6.07, 6.45) is 0.0466. The minimum atomic E-state index is -4.00. The number of nitrogens with zero attached hydrogens (tertiary/aromatic N) is 1. The third-order valence-corrected chi connectivity index (χ3v) is 10.9. The molecule has 4 aromatic rings. The van der Waals surface area contributed by atoms with Gasteiger partial charge in [-0.05, 0) is 84.5 Å². The first-order valence-electron chi connectivity index (χ1n) is 15.5. The van der Waals surface area contributed by atoms with Gasteiger partial charge in [0.05, 0.1) is 13.2 Å². The van der Waals surface area contributed by atoms with Gasteiger partial charge in [0.1, 0.15) is 33.9 Å². The summed E-state index contributed by atoms with van der Waals surface area (Å²) in [5, 5.41) is 3.26. The fourth-order valence-electron chi connectivity index (χ4n) is 6.49. The SMILES string of the molecule is COc1ccccc1S(=O)(=O)N1[C@@H](CCc2c(F)cccc2CC(=O)[C@@H](N)[C@@H](c2ccc(F)cc2)c2cc(F)cc(F)c2)CNC[C@@H]1C. The van der Waals surface area contributed by atoms with Crippen LogP contribution in [-0.4, -0.2) is 56.8 Å². The second-order valence-electron chi connectivity index (χ2n) is 12.0. The molecular formula is C36H37F4N3O4S. The van der Waals surface area contributed by atoms with Crippen molar-refractivity contribution in [1.29, 1.82) is 0 Å². The van der Waals surface area contributed by atoms with Crippen LogP contribution in [-0.2, 0) is 27.7 Å². The fraction of sp³-hybridized carbons (Fsp3) is 0.306. The number of carbonyl (C=O) groups excluding carboxylic acids is 1. The molecule has 0 unspecified atom stereocenters. The molecule has 0 saturated carbocycles. The number of Topliss-reactive ketones (excluding diaryl/α,β-unsaturated/α-hetero) is 1. The van der Waals surface area contributed by atoms with Crippen LogP contribution < -0.4 is 15.8 Å². The van der Waals surface area contributed by atoms with Crippen molar-refractivity contribution in [1.82, 2.24) is 9.62 Å². The van der Waals surface area contributed by atoms with Crippen LogP contribution in [0.25, 0.3) is 0 Å². The summed E-state index contributed by atoms with van der Waals surface area (Å²) in [6, 6.07) is 16.4. The smallest absolute Gasteiger partial charge is 0.247 e. The topological polar surface area (TPSA) is 102 Å². The van der Waals surface area contributed by atoms with Gasteiger partial charge in [-0.2, -0.15) is 4.31 Å². The van der Waals surface area contributed by atoms with Crippen molar-refractivity contribution >= 4 is 15.8 Å². The van der Waals surface area contributed by atoms with Crippen molar-refractivity contribution in [2.24, 2.45) is 5.73 Å². The molecule has 0 spiro atoms. The highest BCUT2D eigenvalue weighted by molar-refractivity contribution is 7.89. The Bertz CT molecular complexity index is 1850. The molecule has 1 heterocycles. The van der Waals surface area contributed by atoms with E-state index in [-0.39, 0.29) is 41.0 Å². The number of ether oxygens (including phenoxy) is 1. The van der Waals surface area contributed by atoms with Crippen LogP contribution in [0.3, 0.4) is 0 Å². The number of nitrogens with two attached hydrogens (primary N) is 1. The van der Waals surface area contributed by atoms with E-state index in [0.29, 0.717) is 30.3 Å². The number of methoxy groups -OCH3 is 1. The average molecular weight is 684 g/mol. The van der Waals surface area contributed by atoms with Gasteiger partial charge in [-0.3, -0.25) is 4.79 Å². The van der Waals surface area contributed by atoms with Crippen LogP contribution in [0.1, 0.15) is 41.5 Å². The van der Waals surface area contributed by atoms with E-state index in [1.807, 2.05) is 0 Å². The first-order chi connectivity index (χ1) is 22.9. The number of benzene rings is 4. The second-order valence-corrected chi connectivity index (χ2v) is 13.8. The highest BCUT2D eigenvalue weighted by Crippen LogP contribution is 2.33. The van der Waals surface area contributed by atoms with Crippen molar-refractivity contribution < 1.29 is 35.5 Å². The maximum atomic E-state index is 15.4. The predicted octanol–water partition coefficient (Wildman–Crippen LogP) is 5.51. The number of ketones is 1. The fourth-order valence-corrected chi connectivity index (χ4v) is 8.49. The van der Waals surface area contributed by atoms with Crippen molar-refractivity contribution in [3.8, 4) is 5.75 Å². The molecular weight excluding hydrogens is 646 g/mol. The van der Waals surface area contributed by atoms with E-state index in [2.05, 4.69) is 5.32 Å². The van der Waals surface area contributed by atoms with Gasteiger partial charge < -0.3 is 15.8 Å². The monoisotopic (exact) mass is 683 g/mol. The number of nitrogens with one attached hydrogen (secondary N) is 1. The molecule has 48 heavy (non-hydrogen) atoms. The molecule has 0 aromatic heterocycles. The van der Waals surface area contributed by atoms with E-state index in [0.717, 1.165) is 24.3 Å². The van der Waals surface area contributed by atoms with Crippen LogP contribution in [0, 0.1) is 23.3 Å². The molecule has 0 radical (unpaired) electrons.